The minimum atomic E-state index is 0.598. The largest absolute Gasteiger partial charge is 0.291 e. The van der Waals surface area contributed by atoms with Crippen LogP contribution in [0.4, 0.5) is 5.69 Å². The summed E-state index contributed by atoms with van der Waals surface area (Å²) in [7, 11) is 0. The van der Waals surface area contributed by atoms with E-state index in [1.807, 2.05) is 26.0 Å². The van der Waals surface area contributed by atoms with Gasteiger partial charge in [0.2, 0.25) is 0 Å². The predicted octanol–water partition coefficient (Wildman–Crippen LogP) is 3.19. The van der Waals surface area contributed by atoms with Gasteiger partial charge in [0, 0.05) is 11.6 Å². The number of aromatic nitrogens is 2. The van der Waals surface area contributed by atoms with Gasteiger partial charge in [0.25, 0.3) is 0 Å². The highest BCUT2D eigenvalue weighted by molar-refractivity contribution is 6.04. The highest BCUT2D eigenvalue weighted by atomic mass is 16.5. The first-order valence-electron chi connectivity index (χ1n) is 5.90. The van der Waals surface area contributed by atoms with Gasteiger partial charge in [0.05, 0.1) is 17.4 Å². The van der Waals surface area contributed by atoms with E-state index in [1.165, 1.54) is 0 Å². The lowest BCUT2D eigenvalue weighted by molar-refractivity contribution is 0.389. The number of benzene rings is 1. The molecule has 2 aromatic rings. The smallest absolute Gasteiger partial charge is 0.156 e. The van der Waals surface area contributed by atoms with Crippen molar-refractivity contribution in [1.82, 2.24) is 9.78 Å². The molecule has 98 valence electrons. The van der Waals surface area contributed by atoms with E-state index < -0.39 is 0 Å². The molecule has 0 spiro atoms. The lowest BCUT2D eigenvalue weighted by Gasteiger charge is -2.07. The number of fused-ring (bicyclic) bond motifs is 1. The van der Waals surface area contributed by atoms with Crippen LogP contribution in [0.5, 0.6) is 0 Å². The molecule has 5 nitrogen and oxygen atoms in total. The first-order chi connectivity index (χ1) is 9.17. The van der Waals surface area contributed by atoms with Gasteiger partial charge >= 0.3 is 0 Å². The zero-order valence-electron chi connectivity index (χ0n) is 11.0. The molecule has 19 heavy (non-hydrogen) atoms. The second-order valence-electron chi connectivity index (χ2n) is 4.16. The summed E-state index contributed by atoms with van der Waals surface area (Å²) in [6.45, 7) is 7.70. The number of rotatable bonds is 3. The Balaban J connectivity index is 2.63. The number of allylic oxidation sites excluding steroid dienone is 2. The lowest BCUT2D eigenvalue weighted by atomic mass is 10.2. The Morgan fingerprint density at radius 3 is 2.95 bits per heavy atom. The van der Waals surface area contributed by atoms with Gasteiger partial charge in [-0.2, -0.15) is 5.10 Å². The molecule has 1 heterocycles. The van der Waals surface area contributed by atoms with E-state index in [4.69, 9.17) is 5.21 Å². The van der Waals surface area contributed by atoms with E-state index in [1.54, 1.807) is 29.2 Å². The molecule has 0 bridgehead atoms. The Morgan fingerprint density at radius 1 is 1.53 bits per heavy atom. The van der Waals surface area contributed by atoms with Crippen LogP contribution < -0.4 is 5.48 Å². The van der Waals surface area contributed by atoms with Crippen molar-refractivity contribution in [3.63, 3.8) is 0 Å². The fraction of sp³-hybridized carbons (Fsp3) is 0.143. The predicted molar refractivity (Wildman–Crippen MR) is 77.6 cm³/mol. The third-order valence-corrected chi connectivity index (χ3v) is 2.63. The Kier molecular flexibility index (Phi) is 3.77. The molecule has 1 aromatic carbocycles. The topological polar surface area (TPSA) is 62.4 Å². The first kappa shape index (κ1) is 13.0. The molecule has 5 heteroatoms. The maximum Gasteiger partial charge on any atom is 0.156 e. The monoisotopic (exact) mass is 256 g/mol. The Hall–Kier alpha value is -2.40. The van der Waals surface area contributed by atoms with Crippen LogP contribution in [0.15, 0.2) is 53.8 Å². The van der Waals surface area contributed by atoms with Gasteiger partial charge in [0.15, 0.2) is 5.84 Å². The summed E-state index contributed by atoms with van der Waals surface area (Å²) in [5.41, 5.74) is 4.39. The molecule has 0 radical (unpaired) electrons. The van der Waals surface area contributed by atoms with Gasteiger partial charge in [-0.05, 0) is 37.6 Å². The Labute approximate surface area is 111 Å². The molecule has 0 unspecified atom stereocenters. The van der Waals surface area contributed by atoms with Crippen molar-refractivity contribution < 1.29 is 5.21 Å². The number of nitrogens with one attached hydrogen (secondary N) is 1. The summed E-state index contributed by atoms with van der Waals surface area (Å²) >= 11 is 0. The highest BCUT2D eigenvalue weighted by Gasteiger charge is 2.09. The number of aliphatic imine (C=N–C) groups is 1. The van der Waals surface area contributed by atoms with Crippen molar-refractivity contribution in [1.29, 1.82) is 0 Å². The van der Waals surface area contributed by atoms with E-state index in [2.05, 4.69) is 22.2 Å². The van der Waals surface area contributed by atoms with E-state index >= 15 is 0 Å². The summed E-state index contributed by atoms with van der Waals surface area (Å²) in [6.07, 6.45) is 5.30. The van der Waals surface area contributed by atoms with Crippen LogP contribution in [-0.2, 0) is 0 Å². The van der Waals surface area contributed by atoms with Crippen molar-refractivity contribution in [3.05, 3.63) is 48.8 Å². The van der Waals surface area contributed by atoms with Gasteiger partial charge in [-0.3, -0.25) is 10.7 Å². The van der Waals surface area contributed by atoms with Crippen LogP contribution in [0.2, 0.25) is 0 Å². The number of nitrogens with zero attached hydrogens (tertiary/aromatic N) is 3. The SMILES string of the molecule is C=C(C)/C(=N\C=C/C)n1ncc2ccc(NO)cc21. The minimum Gasteiger partial charge on any atom is -0.291 e. The fourth-order valence-electron chi connectivity index (χ4n) is 1.75. The molecule has 0 saturated carbocycles. The van der Waals surface area contributed by atoms with E-state index in [0.717, 1.165) is 16.5 Å². The average molecular weight is 256 g/mol. The zero-order valence-corrected chi connectivity index (χ0v) is 11.0. The van der Waals surface area contributed by atoms with Crippen molar-refractivity contribution in [3.8, 4) is 0 Å². The maximum atomic E-state index is 8.98. The molecule has 1 aromatic heterocycles. The Bertz CT molecular complexity index is 667. The fourth-order valence-corrected chi connectivity index (χ4v) is 1.75. The van der Waals surface area contributed by atoms with Gasteiger partial charge in [-0.25, -0.2) is 9.67 Å². The molecule has 0 amide bonds. The number of hydrogen-bond donors (Lipinski definition) is 2. The molecular weight excluding hydrogens is 240 g/mol. The molecular formula is C14H16N4O. The van der Waals surface area contributed by atoms with E-state index in [9.17, 15) is 0 Å². The number of hydrogen-bond acceptors (Lipinski definition) is 4. The molecule has 0 atom stereocenters. The molecule has 0 aliphatic carbocycles. The minimum absolute atomic E-state index is 0.598. The zero-order chi connectivity index (χ0) is 13.8. The van der Waals surface area contributed by atoms with Crippen LogP contribution >= 0.6 is 0 Å². The second-order valence-corrected chi connectivity index (χ2v) is 4.16. The summed E-state index contributed by atoms with van der Waals surface area (Å²) in [5.74, 6) is 0.670. The Morgan fingerprint density at radius 2 is 2.32 bits per heavy atom. The van der Waals surface area contributed by atoms with Crippen LogP contribution in [0.25, 0.3) is 10.9 Å². The van der Waals surface area contributed by atoms with E-state index in [0.29, 0.717) is 11.5 Å². The standard InChI is InChI=1S/C14H16N4O/c1-4-7-15-14(10(2)3)18-13-8-12(17-19)6-5-11(13)9-16-18/h4-9,17,19H,2H2,1,3H3/b7-4-,15-14+. The van der Waals surface area contributed by atoms with Crippen LogP contribution in [0.3, 0.4) is 0 Å². The number of anilines is 1. The highest BCUT2D eigenvalue weighted by Crippen LogP contribution is 2.19. The van der Waals surface area contributed by atoms with E-state index in [-0.39, 0.29) is 0 Å². The normalized spacial score (nSPS) is 12.3. The second kappa shape index (κ2) is 5.49. The average Bonchev–Trinajstić information content (AvgIpc) is 2.82. The summed E-state index contributed by atoms with van der Waals surface area (Å²) in [4.78, 5) is 4.34. The summed E-state index contributed by atoms with van der Waals surface area (Å²) in [5, 5.41) is 14.3. The summed E-state index contributed by atoms with van der Waals surface area (Å²) < 4.78 is 1.71. The lowest BCUT2D eigenvalue weighted by Crippen LogP contribution is -2.14. The van der Waals surface area contributed by atoms with Gasteiger partial charge in [0.1, 0.15) is 0 Å². The van der Waals surface area contributed by atoms with Crippen molar-refractivity contribution in [2.24, 2.45) is 4.99 Å². The molecule has 0 aliphatic rings. The van der Waals surface area contributed by atoms with Gasteiger partial charge in [-0.15, -0.1) is 0 Å². The molecule has 0 saturated heterocycles. The molecule has 2 rings (SSSR count). The molecule has 2 N–H and O–H groups in total. The van der Waals surface area contributed by atoms with Crippen molar-refractivity contribution in [2.45, 2.75) is 13.8 Å². The van der Waals surface area contributed by atoms with Crippen LogP contribution in [0.1, 0.15) is 13.8 Å². The van der Waals surface area contributed by atoms with Gasteiger partial charge in [-0.1, -0.05) is 12.7 Å². The maximum absolute atomic E-state index is 8.98. The van der Waals surface area contributed by atoms with Crippen LogP contribution in [0, 0.1) is 0 Å². The van der Waals surface area contributed by atoms with Crippen LogP contribution in [-0.4, -0.2) is 20.8 Å². The molecule has 0 aliphatic heterocycles. The third kappa shape index (κ3) is 2.56. The third-order valence-electron chi connectivity index (χ3n) is 2.63. The molecule has 0 fully saturated rings. The van der Waals surface area contributed by atoms with Crippen molar-refractivity contribution >= 4 is 22.4 Å². The quantitative estimate of drug-likeness (QED) is 0.503. The van der Waals surface area contributed by atoms with Gasteiger partial charge < -0.3 is 0 Å². The first-order valence-corrected chi connectivity index (χ1v) is 5.90. The van der Waals surface area contributed by atoms with Crippen molar-refractivity contribution in [2.75, 3.05) is 5.48 Å². The summed E-state index contributed by atoms with van der Waals surface area (Å²) in [6, 6.07) is 5.46.